The van der Waals surface area contributed by atoms with Crippen molar-refractivity contribution in [1.82, 2.24) is 10.2 Å². The fourth-order valence-electron chi connectivity index (χ4n) is 3.06. The maximum absolute atomic E-state index is 3.48. The molecule has 0 amide bonds. The van der Waals surface area contributed by atoms with Crippen LogP contribution in [0.25, 0.3) is 0 Å². The second-order valence-electron chi connectivity index (χ2n) is 6.01. The number of rotatable bonds is 7. The van der Waals surface area contributed by atoms with Gasteiger partial charge in [0.2, 0.25) is 0 Å². The Morgan fingerprint density at radius 1 is 1.24 bits per heavy atom. The first-order valence-corrected chi connectivity index (χ1v) is 7.53. The van der Waals surface area contributed by atoms with Crippen molar-refractivity contribution in [2.75, 3.05) is 27.2 Å². The number of nitrogens with one attached hydrogen (secondary N) is 1. The van der Waals surface area contributed by atoms with Gasteiger partial charge in [-0.05, 0) is 38.8 Å². The first-order valence-electron chi connectivity index (χ1n) is 7.53. The summed E-state index contributed by atoms with van der Waals surface area (Å²) in [7, 11) is 4.40. The highest BCUT2D eigenvalue weighted by Gasteiger charge is 2.19. The van der Waals surface area contributed by atoms with Gasteiger partial charge in [-0.1, -0.05) is 39.5 Å². The van der Waals surface area contributed by atoms with Crippen LogP contribution in [0, 0.1) is 11.8 Å². The lowest BCUT2D eigenvalue weighted by Crippen LogP contribution is -2.43. The summed E-state index contributed by atoms with van der Waals surface area (Å²) in [5, 5.41) is 3.48. The molecule has 2 atom stereocenters. The van der Waals surface area contributed by atoms with Gasteiger partial charge in [-0.3, -0.25) is 0 Å². The van der Waals surface area contributed by atoms with E-state index in [1.807, 2.05) is 0 Å². The van der Waals surface area contributed by atoms with Crippen LogP contribution in [0.15, 0.2) is 0 Å². The third-order valence-electron chi connectivity index (χ3n) is 4.50. The third-order valence-corrected chi connectivity index (χ3v) is 4.50. The minimum atomic E-state index is 0.647. The van der Waals surface area contributed by atoms with Gasteiger partial charge in [0.05, 0.1) is 0 Å². The fourth-order valence-corrected chi connectivity index (χ4v) is 3.06. The number of likely N-dealkylation sites (N-methyl/N-ethyl adjacent to an activating group) is 2. The average Bonchev–Trinajstić information content (AvgIpc) is 2.36. The van der Waals surface area contributed by atoms with Crippen molar-refractivity contribution in [3.05, 3.63) is 0 Å². The van der Waals surface area contributed by atoms with Crippen LogP contribution in [-0.2, 0) is 0 Å². The molecule has 0 spiro atoms. The monoisotopic (exact) mass is 240 g/mol. The van der Waals surface area contributed by atoms with Gasteiger partial charge in [0.15, 0.2) is 0 Å². The summed E-state index contributed by atoms with van der Waals surface area (Å²) >= 11 is 0. The van der Waals surface area contributed by atoms with E-state index in [-0.39, 0.29) is 0 Å². The lowest BCUT2D eigenvalue weighted by molar-refractivity contribution is 0.199. The highest BCUT2D eigenvalue weighted by molar-refractivity contribution is 4.76. The van der Waals surface area contributed by atoms with Gasteiger partial charge in [-0.25, -0.2) is 0 Å². The fraction of sp³-hybridized carbons (Fsp3) is 1.00. The molecular formula is C15H32N2. The van der Waals surface area contributed by atoms with Gasteiger partial charge in [-0.15, -0.1) is 0 Å². The van der Waals surface area contributed by atoms with Crippen molar-refractivity contribution in [2.24, 2.45) is 11.8 Å². The van der Waals surface area contributed by atoms with Gasteiger partial charge in [0, 0.05) is 19.1 Å². The summed E-state index contributed by atoms with van der Waals surface area (Å²) in [5.74, 6) is 1.73. The molecule has 2 heteroatoms. The van der Waals surface area contributed by atoms with Crippen molar-refractivity contribution in [2.45, 2.75) is 58.4 Å². The van der Waals surface area contributed by atoms with E-state index < -0.39 is 0 Å². The predicted octanol–water partition coefficient (Wildman–Crippen LogP) is 3.13. The molecule has 0 heterocycles. The topological polar surface area (TPSA) is 15.3 Å². The minimum absolute atomic E-state index is 0.647. The zero-order chi connectivity index (χ0) is 12.7. The molecule has 0 aliphatic heterocycles. The molecule has 0 aromatic heterocycles. The van der Waals surface area contributed by atoms with Gasteiger partial charge in [-0.2, -0.15) is 0 Å². The van der Waals surface area contributed by atoms with Gasteiger partial charge in [0.1, 0.15) is 0 Å². The Bertz CT molecular complexity index is 187. The van der Waals surface area contributed by atoms with Crippen LogP contribution < -0.4 is 5.32 Å². The minimum Gasteiger partial charge on any atom is -0.315 e. The molecule has 0 bridgehead atoms. The molecule has 0 aromatic rings. The Morgan fingerprint density at radius 3 is 2.41 bits per heavy atom. The van der Waals surface area contributed by atoms with Crippen LogP contribution in [0.4, 0.5) is 0 Å². The van der Waals surface area contributed by atoms with E-state index in [0.717, 1.165) is 11.8 Å². The van der Waals surface area contributed by atoms with Gasteiger partial charge >= 0.3 is 0 Å². The van der Waals surface area contributed by atoms with Crippen LogP contribution in [0.2, 0.25) is 0 Å². The van der Waals surface area contributed by atoms with E-state index in [2.05, 4.69) is 38.2 Å². The van der Waals surface area contributed by atoms with E-state index >= 15 is 0 Å². The quantitative estimate of drug-likeness (QED) is 0.735. The Balaban J connectivity index is 2.28. The van der Waals surface area contributed by atoms with Crippen molar-refractivity contribution in [3.8, 4) is 0 Å². The van der Waals surface area contributed by atoms with Crippen LogP contribution >= 0.6 is 0 Å². The first-order chi connectivity index (χ1) is 8.17. The molecule has 2 unspecified atom stereocenters. The molecular weight excluding hydrogens is 208 g/mol. The number of hydrogen-bond donors (Lipinski definition) is 1. The third kappa shape index (κ3) is 5.39. The zero-order valence-electron chi connectivity index (χ0n) is 12.3. The van der Waals surface area contributed by atoms with Gasteiger partial charge < -0.3 is 10.2 Å². The summed E-state index contributed by atoms with van der Waals surface area (Å²) in [6.07, 6.45) is 8.56. The molecule has 1 N–H and O–H groups in total. The second kappa shape index (κ2) is 8.10. The van der Waals surface area contributed by atoms with E-state index in [9.17, 15) is 0 Å². The Labute approximate surface area is 108 Å². The maximum Gasteiger partial charge on any atom is 0.0217 e. The van der Waals surface area contributed by atoms with Crippen LogP contribution in [0.3, 0.4) is 0 Å². The molecule has 0 saturated heterocycles. The highest BCUT2D eigenvalue weighted by Crippen LogP contribution is 2.24. The first kappa shape index (κ1) is 15.0. The second-order valence-corrected chi connectivity index (χ2v) is 6.01. The predicted molar refractivity (Wildman–Crippen MR) is 76.4 cm³/mol. The molecule has 0 aromatic carbocycles. The lowest BCUT2D eigenvalue weighted by atomic mass is 9.89. The van der Waals surface area contributed by atoms with Gasteiger partial charge in [0.25, 0.3) is 0 Å². The molecule has 0 radical (unpaired) electrons. The molecule has 17 heavy (non-hydrogen) atoms. The summed E-state index contributed by atoms with van der Waals surface area (Å²) in [4.78, 5) is 2.54. The Hall–Kier alpha value is -0.0800. The molecule has 1 fully saturated rings. The van der Waals surface area contributed by atoms with Crippen LogP contribution in [0.5, 0.6) is 0 Å². The summed E-state index contributed by atoms with van der Waals surface area (Å²) in [6, 6.07) is 0.647. The number of nitrogens with zero attached hydrogens (tertiary/aromatic N) is 1. The van der Waals surface area contributed by atoms with E-state index in [1.165, 1.54) is 51.6 Å². The average molecular weight is 240 g/mol. The molecule has 1 rings (SSSR count). The normalized spacial score (nSPS) is 21.7. The number of hydrogen-bond acceptors (Lipinski definition) is 2. The Morgan fingerprint density at radius 2 is 1.88 bits per heavy atom. The smallest absolute Gasteiger partial charge is 0.0217 e. The molecule has 1 aliphatic carbocycles. The molecule has 1 aliphatic rings. The largest absolute Gasteiger partial charge is 0.315 e. The molecule has 2 nitrogen and oxygen atoms in total. The van der Waals surface area contributed by atoms with Crippen molar-refractivity contribution >= 4 is 0 Å². The van der Waals surface area contributed by atoms with Crippen molar-refractivity contribution < 1.29 is 0 Å². The van der Waals surface area contributed by atoms with Crippen molar-refractivity contribution in [1.29, 1.82) is 0 Å². The molecule has 102 valence electrons. The van der Waals surface area contributed by atoms with Crippen LogP contribution in [-0.4, -0.2) is 38.1 Å². The standard InChI is InChI=1S/C15H32N2/c1-5-13(2)15(16-3)12-17(4)11-14-9-7-6-8-10-14/h13-16H,5-12H2,1-4H3. The van der Waals surface area contributed by atoms with E-state index in [0.29, 0.717) is 6.04 Å². The lowest BCUT2D eigenvalue weighted by Gasteiger charge is -2.31. The SMILES string of the molecule is CCC(C)C(CN(C)CC1CCCCC1)NC. The van der Waals surface area contributed by atoms with E-state index in [1.54, 1.807) is 0 Å². The summed E-state index contributed by atoms with van der Waals surface area (Å²) < 4.78 is 0. The Kier molecular flexibility index (Phi) is 7.14. The molecule has 1 saturated carbocycles. The van der Waals surface area contributed by atoms with Crippen molar-refractivity contribution in [3.63, 3.8) is 0 Å². The summed E-state index contributed by atoms with van der Waals surface area (Å²) in [5.41, 5.74) is 0. The van der Waals surface area contributed by atoms with Crippen LogP contribution in [0.1, 0.15) is 52.4 Å². The van der Waals surface area contributed by atoms with E-state index in [4.69, 9.17) is 0 Å². The highest BCUT2D eigenvalue weighted by atomic mass is 15.1. The summed E-state index contributed by atoms with van der Waals surface area (Å²) in [6.45, 7) is 7.14. The zero-order valence-corrected chi connectivity index (χ0v) is 12.3. The maximum atomic E-state index is 3.48.